The van der Waals surface area contributed by atoms with Gasteiger partial charge in [-0.2, -0.15) is 0 Å². The molecule has 57 heavy (non-hydrogen) atoms. The van der Waals surface area contributed by atoms with Crippen LogP contribution in [0.5, 0.6) is 0 Å². The Bertz CT molecular complexity index is 3470. The predicted molar refractivity (Wildman–Crippen MR) is 239 cm³/mol. The van der Waals surface area contributed by atoms with Crippen LogP contribution < -0.4 is 0 Å². The van der Waals surface area contributed by atoms with Crippen molar-refractivity contribution in [1.29, 1.82) is 0 Å². The van der Waals surface area contributed by atoms with Gasteiger partial charge in [0.25, 0.3) is 0 Å². The minimum atomic E-state index is 0.918. The lowest BCUT2D eigenvalue weighted by Crippen LogP contribution is -1.94. The van der Waals surface area contributed by atoms with Crippen molar-refractivity contribution in [3.05, 3.63) is 206 Å². The first-order valence-corrected chi connectivity index (χ1v) is 19.5. The molecule has 0 fully saturated rings. The van der Waals surface area contributed by atoms with E-state index < -0.39 is 0 Å². The summed E-state index contributed by atoms with van der Waals surface area (Å²) >= 11 is 0. The largest absolute Gasteiger partial charge is 0.455 e. The molecular weight excluding hydrogens is 693 g/mol. The van der Waals surface area contributed by atoms with Crippen molar-refractivity contribution in [2.24, 2.45) is 0 Å². The molecule has 0 spiro atoms. The molecule has 0 atom stereocenters. The number of hydrogen-bond acceptors (Lipinski definition) is 1. The van der Waals surface area contributed by atoms with Gasteiger partial charge in [-0.3, -0.25) is 0 Å². The standard InChI is InChI=1S/C54H34N2O/c1-2-10-35(11-3-1)40-26-31-44-43-12-4-7-15-48(43)56(51(44)34-40)42-29-24-39(25-30-42)37-20-18-36(19-21-37)38-22-27-41(28-23-38)55-49-16-8-5-14-47(49)53-50(55)33-32-46-45-13-6-9-17-52(45)57-54(46)53/h1-34H. The number of fused-ring (bicyclic) bond motifs is 10. The highest BCUT2D eigenvalue weighted by Crippen LogP contribution is 2.41. The van der Waals surface area contributed by atoms with Crippen molar-refractivity contribution in [1.82, 2.24) is 9.13 Å². The van der Waals surface area contributed by atoms with Crippen LogP contribution in [-0.2, 0) is 0 Å². The average Bonchev–Trinajstić information content (AvgIpc) is 3.94. The van der Waals surface area contributed by atoms with Crippen LogP contribution in [0.15, 0.2) is 211 Å². The SMILES string of the molecule is c1ccc(-c2ccc3c4ccccc4n(-c4ccc(-c5ccc(-c6ccc(-n7c8ccccc8c8c9oc%10ccccc%10c9ccc87)cc6)cc5)cc4)c3c2)cc1. The lowest BCUT2D eigenvalue weighted by atomic mass is 10.00. The molecule has 0 aliphatic rings. The fourth-order valence-corrected chi connectivity index (χ4v) is 9.03. The van der Waals surface area contributed by atoms with Crippen molar-refractivity contribution < 1.29 is 4.42 Å². The van der Waals surface area contributed by atoms with E-state index >= 15 is 0 Å². The summed E-state index contributed by atoms with van der Waals surface area (Å²) in [4.78, 5) is 0. The smallest absolute Gasteiger partial charge is 0.145 e. The second-order valence-corrected chi connectivity index (χ2v) is 14.9. The van der Waals surface area contributed by atoms with E-state index in [2.05, 4.69) is 209 Å². The molecule has 3 nitrogen and oxygen atoms in total. The summed E-state index contributed by atoms with van der Waals surface area (Å²) in [5.41, 5.74) is 16.1. The Morgan fingerprint density at radius 1 is 0.281 bits per heavy atom. The van der Waals surface area contributed by atoms with Gasteiger partial charge in [-0.1, -0.05) is 146 Å². The first-order chi connectivity index (χ1) is 28.3. The van der Waals surface area contributed by atoms with E-state index in [1.54, 1.807) is 0 Å². The Kier molecular flexibility index (Phi) is 6.93. The first kappa shape index (κ1) is 31.7. The van der Waals surface area contributed by atoms with Crippen molar-refractivity contribution >= 4 is 65.6 Å². The lowest BCUT2D eigenvalue weighted by molar-refractivity contribution is 0.673. The maximum Gasteiger partial charge on any atom is 0.145 e. The molecule has 0 saturated heterocycles. The maximum absolute atomic E-state index is 6.50. The van der Waals surface area contributed by atoms with Crippen LogP contribution >= 0.6 is 0 Å². The number of nitrogens with zero attached hydrogens (tertiary/aromatic N) is 2. The van der Waals surface area contributed by atoms with Gasteiger partial charge >= 0.3 is 0 Å². The Morgan fingerprint density at radius 2 is 0.737 bits per heavy atom. The Labute approximate surface area is 328 Å². The zero-order valence-corrected chi connectivity index (χ0v) is 30.9. The number of benzene rings is 9. The van der Waals surface area contributed by atoms with Crippen LogP contribution in [0.1, 0.15) is 0 Å². The highest BCUT2D eigenvalue weighted by Gasteiger charge is 2.19. The molecule has 3 heteroatoms. The van der Waals surface area contributed by atoms with Crippen LogP contribution in [-0.4, -0.2) is 9.13 Å². The lowest BCUT2D eigenvalue weighted by Gasteiger charge is -2.11. The molecule has 0 aliphatic heterocycles. The zero-order chi connectivity index (χ0) is 37.5. The number of furan rings is 1. The Morgan fingerprint density at radius 3 is 1.40 bits per heavy atom. The van der Waals surface area contributed by atoms with Crippen molar-refractivity contribution in [3.63, 3.8) is 0 Å². The molecule has 266 valence electrons. The molecule has 0 saturated carbocycles. The first-order valence-electron chi connectivity index (χ1n) is 19.5. The highest BCUT2D eigenvalue weighted by atomic mass is 16.3. The number of para-hydroxylation sites is 3. The topological polar surface area (TPSA) is 23.0 Å². The summed E-state index contributed by atoms with van der Waals surface area (Å²) in [6.07, 6.45) is 0. The molecule has 0 radical (unpaired) electrons. The molecule has 3 aromatic heterocycles. The van der Waals surface area contributed by atoms with Crippen LogP contribution in [0.2, 0.25) is 0 Å². The molecule has 12 rings (SSSR count). The molecule has 0 bridgehead atoms. The van der Waals surface area contributed by atoms with E-state index in [1.807, 2.05) is 6.07 Å². The molecular formula is C54H34N2O. The molecule has 9 aromatic carbocycles. The van der Waals surface area contributed by atoms with Gasteiger partial charge in [-0.25, -0.2) is 0 Å². The van der Waals surface area contributed by atoms with Gasteiger partial charge in [0.1, 0.15) is 11.2 Å². The maximum atomic E-state index is 6.50. The van der Waals surface area contributed by atoms with Crippen LogP contribution in [0.3, 0.4) is 0 Å². The minimum absolute atomic E-state index is 0.918. The van der Waals surface area contributed by atoms with Gasteiger partial charge < -0.3 is 13.6 Å². The van der Waals surface area contributed by atoms with Crippen molar-refractivity contribution in [2.75, 3.05) is 0 Å². The van der Waals surface area contributed by atoms with Crippen LogP contribution in [0, 0.1) is 0 Å². The summed E-state index contributed by atoms with van der Waals surface area (Å²) < 4.78 is 11.3. The fourth-order valence-electron chi connectivity index (χ4n) is 9.03. The van der Waals surface area contributed by atoms with E-state index in [0.29, 0.717) is 0 Å². The van der Waals surface area contributed by atoms with Crippen LogP contribution in [0.4, 0.5) is 0 Å². The molecule has 0 N–H and O–H groups in total. The molecule has 3 heterocycles. The summed E-state index contributed by atoms with van der Waals surface area (Å²) in [7, 11) is 0. The number of aromatic nitrogens is 2. The predicted octanol–water partition coefficient (Wildman–Crippen LogP) is 14.8. The van der Waals surface area contributed by atoms with Gasteiger partial charge in [0.2, 0.25) is 0 Å². The monoisotopic (exact) mass is 726 g/mol. The van der Waals surface area contributed by atoms with Gasteiger partial charge in [0.15, 0.2) is 0 Å². The van der Waals surface area contributed by atoms with Gasteiger partial charge in [-0.15, -0.1) is 0 Å². The normalized spacial score (nSPS) is 11.9. The second-order valence-electron chi connectivity index (χ2n) is 14.9. The summed E-state index contributed by atoms with van der Waals surface area (Å²) in [6, 6.07) is 74.4. The minimum Gasteiger partial charge on any atom is -0.455 e. The van der Waals surface area contributed by atoms with E-state index in [-0.39, 0.29) is 0 Å². The third-order valence-electron chi connectivity index (χ3n) is 11.8. The number of hydrogen-bond donors (Lipinski definition) is 0. The summed E-state index contributed by atoms with van der Waals surface area (Å²) in [5.74, 6) is 0. The third kappa shape index (κ3) is 4.92. The molecule has 0 amide bonds. The fraction of sp³-hybridized carbons (Fsp3) is 0. The van der Waals surface area contributed by atoms with Gasteiger partial charge in [0.05, 0.1) is 27.5 Å². The molecule has 0 unspecified atom stereocenters. The summed E-state index contributed by atoms with van der Waals surface area (Å²) in [6.45, 7) is 0. The molecule has 0 aliphatic carbocycles. The van der Waals surface area contributed by atoms with Crippen LogP contribution in [0.25, 0.3) is 110 Å². The zero-order valence-electron chi connectivity index (χ0n) is 30.9. The van der Waals surface area contributed by atoms with Gasteiger partial charge in [-0.05, 0) is 94.0 Å². The second kappa shape index (κ2) is 12.5. The van der Waals surface area contributed by atoms with Gasteiger partial charge in [0, 0.05) is 38.3 Å². The highest BCUT2D eigenvalue weighted by molar-refractivity contribution is 6.23. The molecule has 12 aromatic rings. The summed E-state index contributed by atoms with van der Waals surface area (Å²) in [5, 5.41) is 7.17. The quantitative estimate of drug-likeness (QED) is 0.173. The Balaban J connectivity index is 0.865. The van der Waals surface area contributed by atoms with E-state index in [4.69, 9.17) is 4.42 Å². The van der Waals surface area contributed by atoms with Crippen molar-refractivity contribution in [3.8, 4) is 44.8 Å². The average molecular weight is 727 g/mol. The van der Waals surface area contributed by atoms with E-state index in [1.165, 1.54) is 66.1 Å². The van der Waals surface area contributed by atoms with Crippen molar-refractivity contribution in [2.45, 2.75) is 0 Å². The number of rotatable bonds is 5. The van der Waals surface area contributed by atoms with E-state index in [9.17, 15) is 0 Å². The Hall–Kier alpha value is -7.62. The van der Waals surface area contributed by atoms with E-state index in [0.717, 1.165) is 44.2 Å². The third-order valence-corrected chi connectivity index (χ3v) is 11.8.